The van der Waals surface area contributed by atoms with Crippen LogP contribution in [0.3, 0.4) is 0 Å². The van der Waals surface area contributed by atoms with Gasteiger partial charge in [-0.05, 0) is 49.6 Å². The van der Waals surface area contributed by atoms with Gasteiger partial charge in [0.15, 0.2) is 0 Å². The molecule has 1 unspecified atom stereocenters. The number of methoxy groups -OCH3 is 1. The van der Waals surface area contributed by atoms with E-state index in [4.69, 9.17) is 26.7 Å². The van der Waals surface area contributed by atoms with Crippen molar-refractivity contribution in [1.82, 2.24) is 14.3 Å². The number of thioether (sulfide) groups is 1. The summed E-state index contributed by atoms with van der Waals surface area (Å²) in [5, 5.41) is 0. The normalized spacial score (nSPS) is 20.8. The summed E-state index contributed by atoms with van der Waals surface area (Å²) in [5.74, 6) is 1.23. The highest BCUT2D eigenvalue weighted by Gasteiger charge is 2.35. The maximum atomic E-state index is 13.9. The molecule has 1 aromatic carbocycles. The van der Waals surface area contributed by atoms with Crippen LogP contribution in [-0.4, -0.2) is 77.1 Å². The van der Waals surface area contributed by atoms with Crippen LogP contribution in [0, 0.1) is 6.92 Å². The Kier molecular flexibility index (Phi) is 7.52. The molecule has 0 bridgehead atoms. The average molecular weight is 578 g/mol. The Balaban J connectivity index is 1.34. The van der Waals surface area contributed by atoms with Crippen LogP contribution in [0.5, 0.6) is 5.75 Å². The summed E-state index contributed by atoms with van der Waals surface area (Å²) in [6, 6.07) is 11.8. The number of anilines is 2. The van der Waals surface area contributed by atoms with E-state index in [-0.39, 0.29) is 17.6 Å². The van der Waals surface area contributed by atoms with Gasteiger partial charge in [0.05, 0.1) is 35.9 Å². The lowest BCUT2D eigenvalue weighted by Gasteiger charge is -2.37. The second-order valence-corrected chi connectivity index (χ2v) is 11.8. The van der Waals surface area contributed by atoms with Gasteiger partial charge >= 0.3 is 0 Å². The van der Waals surface area contributed by atoms with Crippen molar-refractivity contribution in [2.75, 3.05) is 56.2 Å². The third kappa shape index (κ3) is 5.09. The van der Waals surface area contributed by atoms with Crippen LogP contribution < -0.4 is 20.1 Å². The first-order chi connectivity index (χ1) is 19.4. The number of para-hydroxylation sites is 2. The molecule has 40 heavy (non-hydrogen) atoms. The van der Waals surface area contributed by atoms with E-state index in [0.29, 0.717) is 52.5 Å². The number of carbonyl (C=O) groups excluding carboxylic acids is 1. The Morgan fingerprint density at radius 2 is 1.90 bits per heavy atom. The van der Waals surface area contributed by atoms with Gasteiger partial charge in [0, 0.05) is 39.0 Å². The topological polar surface area (TPSA) is 79.6 Å². The Morgan fingerprint density at radius 1 is 1.12 bits per heavy atom. The smallest absolute Gasteiger partial charge is 0.267 e. The Labute approximate surface area is 242 Å². The predicted octanol–water partition coefficient (Wildman–Crippen LogP) is 3.72. The molecule has 3 aromatic rings. The van der Waals surface area contributed by atoms with Crippen molar-refractivity contribution in [3.63, 3.8) is 0 Å². The molecule has 9 nitrogen and oxygen atoms in total. The van der Waals surface area contributed by atoms with Crippen LogP contribution in [0.25, 0.3) is 11.7 Å². The minimum Gasteiger partial charge on any atom is -0.495 e. The molecular weight excluding hydrogens is 546 g/mol. The molecule has 11 heteroatoms. The number of fused-ring (bicyclic) bond motifs is 1. The number of amides is 1. The molecule has 5 heterocycles. The highest BCUT2D eigenvalue weighted by Crippen LogP contribution is 2.35. The fraction of sp³-hybridized carbons (Fsp3) is 0.379. The quantitative estimate of drug-likeness (QED) is 0.322. The number of rotatable bonds is 6. The van der Waals surface area contributed by atoms with Gasteiger partial charge in [-0.2, -0.15) is 0 Å². The van der Waals surface area contributed by atoms with Gasteiger partial charge in [0.1, 0.15) is 21.5 Å². The molecule has 3 fully saturated rings. The van der Waals surface area contributed by atoms with Gasteiger partial charge in [-0.1, -0.05) is 42.2 Å². The molecule has 3 aliphatic heterocycles. The number of hydrogen-bond acceptors (Lipinski definition) is 9. The zero-order valence-corrected chi connectivity index (χ0v) is 24.2. The summed E-state index contributed by atoms with van der Waals surface area (Å²) in [6.07, 6.45) is 5.36. The Hall–Kier alpha value is -3.41. The molecule has 0 saturated carbocycles. The van der Waals surface area contributed by atoms with E-state index >= 15 is 0 Å². The molecule has 2 aromatic heterocycles. The van der Waals surface area contributed by atoms with E-state index in [2.05, 4.69) is 15.9 Å². The van der Waals surface area contributed by atoms with Crippen molar-refractivity contribution in [2.45, 2.75) is 25.9 Å². The standard InChI is InChI=1S/C29H31N5O4S2/c1-19-9-10-25-30-26(32-13-11-31(12-14-32)22-7-3-4-8-23(22)37-2)21(27(35)33(25)17-19)16-24-28(36)34(29(39)40-24)18-20-6-5-15-38-20/h3-4,7-10,16-17,20H,5-6,11-15,18H2,1-2H3/b24-16-. The minimum absolute atomic E-state index is 0.00659. The summed E-state index contributed by atoms with van der Waals surface area (Å²) in [5.41, 5.74) is 2.75. The molecular formula is C29H31N5O4S2. The van der Waals surface area contributed by atoms with E-state index in [0.717, 1.165) is 42.9 Å². The third-order valence-corrected chi connectivity index (χ3v) is 8.93. The van der Waals surface area contributed by atoms with E-state index in [1.54, 1.807) is 28.7 Å². The molecule has 0 N–H and O–H groups in total. The van der Waals surface area contributed by atoms with E-state index in [1.165, 1.54) is 11.8 Å². The number of aryl methyl sites for hydroxylation is 1. The van der Waals surface area contributed by atoms with Crippen LogP contribution >= 0.6 is 24.0 Å². The van der Waals surface area contributed by atoms with Crippen molar-refractivity contribution in [2.24, 2.45) is 0 Å². The van der Waals surface area contributed by atoms with Crippen LogP contribution in [0.4, 0.5) is 11.5 Å². The zero-order valence-electron chi connectivity index (χ0n) is 22.5. The van der Waals surface area contributed by atoms with Gasteiger partial charge < -0.3 is 19.3 Å². The van der Waals surface area contributed by atoms with Crippen LogP contribution in [0.1, 0.15) is 24.0 Å². The van der Waals surface area contributed by atoms with Gasteiger partial charge in [0.2, 0.25) is 0 Å². The molecule has 6 rings (SSSR count). The van der Waals surface area contributed by atoms with Gasteiger partial charge in [0.25, 0.3) is 11.5 Å². The number of thiocarbonyl (C=S) groups is 1. The largest absolute Gasteiger partial charge is 0.495 e. The number of aromatic nitrogens is 2. The van der Waals surface area contributed by atoms with Gasteiger partial charge in [-0.15, -0.1) is 0 Å². The first-order valence-corrected chi connectivity index (χ1v) is 14.7. The zero-order chi connectivity index (χ0) is 27.8. The second kappa shape index (κ2) is 11.2. The lowest BCUT2D eigenvalue weighted by atomic mass is 10.2. The maximum Gasteiger partial charge on any atom is 0.267 e. The van der Waals surface area contributed by atoms with Gasteiger partial charge in [-0.25, -0.2) is 4.98 Å². The molecule has 1 atom stereocenters. The van der Waals surface area contributed by atoms with Crippen LogP contribution in [-0.2, 0) is 9.53 Å². The van der Waals surface area contributed by atoms with E-state index < -0.39 is 0 Å². The second-order valence-electron chi connectivity index (χ2n) is 10.2. The van der Waals surface area contributed by atoms with Crippen molar-refractivity contribution in [1.29, 1.82) is 0 Å². The lowest BCUT2D eigenvalue weighted by Crippen LogP contribution is -2.47. The minimum atomic E-state index is -0.208. The number of hydrogen-bond donors (Lipinski definition) is 0. The van der Waals surface area contributed by atoms with Gasteiger partial charge in [-0.3, -0.25) is 18.9 Å². The van der Waals surface area contributed by atoms with Crippen LogP contribution in [0.2, 0.25) is 0 Å². The fourth-order valence-electron chi connectivity index (χ4n) is 5.44. The van der Waals surface area contributed by atoms with E-state index in [1.807, 2.05) is 37.3 Å². The molecule has 0 radical (unpaired) electrons. The number of carbonyl (C=O) groups is 1. The molecule has 3 saturated heterocycles. The molecule has 3 aliphatic rings. The Bertz CT molecular complexity index is 1560. The van der Waals surface area contributed by atoms with Crippen molar-refractivity contribution >= 4 is 57.4 Å². The molecule has 0 spiro atoms. The van der Waals surface area contributed by atoms with Crippen molar-refractivity contribution < 1.29 is 14.3 Å². The number of benzene rings is 1. The third-order valence-electron chi connectivity index (χ3n) is 7.55. The Morgan fingerprint density at radius 3 is 2.65 bits per heavy atom. The summed E-state index contributed by atoms with van der Waals surface area (Å²) in [4.78, 5) is 38.7. The highest BCUT2D eigenvalue weighted by molar-refractivity contribution is 8.26. The lowest BCUT2D eigenvalue weighted by molar-refractivity contribution is -0.123. The van der Waals surface area contributed by atoms with Crippen molar-refractivity contribution in [3.05, 3.63) is 69.0 Å². The highest BCUT2D eigenvalue weighted by atomic mass is 32.2. The molecule has 0 aliphatic carbocycles. The van der Waals surface area contributed by atoms with Crippen molar-refractivity contribution in [3.8, 4) is 5.75 Å². The summed E-state index contributed by atoms with van der Waals surface area (Å²) >= 11 is 6.79. The molecule has 1 amide bonds. The summed E-state index contributed by atoms with van der Waals surface area (Å²) in [6.45, 7) is 5.87. The maximum absolute atomic E-state index is 13.9. The summed E-state index contributed by atoms with van der Waals surface area (Å²) < 4.78 is 13.4. The fourth-order valence-corrected chi connectivity index (χ4v) is 6.70. The summed E-state index contributed by atoms with van der Waals surface area (Å²) in [7, 11) is 1.68. The van der Waals surface area contributed by atoms with Crippen LogP contribution in [0.15, 0.2) is 52.3 Å². The average Bonchev–Trinajstić information content (AvgIpc) is 3.58. The van der Waals surface area contributed by atoms with E-state index in [9.17, 15) is 9.59 Å². The monoisotopic (exact) mass is 577 g/mol. The SMILES string of the molecule is COc1ccccc1N1CCN(c2nc3ccc(C)cn3c(=O)c2/C=C2\SC(=S)N(CC3CCCO3)C2=O)CC1. The number of piperazine rings is 1. The first-order valence-electron chi connectivity index (χ1n) is 13.5. The first kappa shape index (κ1) is 26.8. The number of pyridine rings is 1. The number of ether oxygens (including phenoxy) is 2. The number of nitrogens with zero attached hydrogens (tertiary/aromatic N) is 5. The molecule has 208 valence electrons. The predicted molar refractivity (Wildman–Crippen MR) is 162 cm³/mol.